The summed E-state index contributed by atoms with van der Waals surface area (Å²) in [5.41, 5.74) is 1.42. The Balaban J connectivity index is 1.64. The highest BCUT2D eigenvalue weighted by Crippen LogP contribution is 2.21. The van der Waals surface area contributed by atoms with E-state index < -0.39 is 11.8 Å². The van der Waals surface area contributed by atoms with E-state index >= 15 is 0 Å². The van der Waals surface area contributed by atoms with E-state index in [4.69, 9.17) is 9.47 Å². The molecule has 1 heterocycles. The highest BCUT2D eigenvalue weighted by atomic mass is 19.1. The normalized spacial score (nSPS) is 15.0. The van der Waals surface area contributed by atoms with Crippen LogP contribution in [0.15, 0.2) is 59.2 Å². The maximum Gasteiger partial charge on any atom is 0.363 e. The predicted octanol–water partition coefficient (Wildman–Crippen LogP) is 5.13. The Hall–Kier alpha value is -2.95. The van der Waals surface area contributed by atoms with Crippen LogP contribution < -0.4 is 4.74 Å². The van der Waals surface area contributed by atoms with Gasteiger partial charge in [0.2, 0.25) is 5.90 Å². The summed E-state index contributed by atoms with van der Waals surface area (Å²) in [6, 6.07) is 13.2. The van der Waals surface area contributed by atoms with Crippen LogP contribution in [-0.2, 0) is 9.53 Å². The lowest BCUT2D eigenvalue weighted by Gasteiger charge is -2.06. The van der Waals surface area contributed by atoms with Crippen LogP contribution in [0, 0.1) is 5.82 Å². The molecule has 0 aromatic heterocycles. The molecule has 140 valence electrons. The second kappa shape index (κ2) is 9.12. The molecule has 1 aliphatic heterocycles. The number of benzene rings is 2. The fraction of sp³-hybridized carbons (Fsp3) is 0.273. The predicted molar refractivity (Wildman–Crippen MR) is 103 cm³/mol. The van der Waals surface area contributed by atoms with Gasteiger partial charge in [0, 0.05) is 5.56 Å². The third kappa shape index (κ3) is 5.26. The number of hydrogen-bond donors (Lipinski definition) is 0. The van der Waals surface area contributed by atoms with E-state index in [1.165, 1.54) is 31.4 Å². The molecule has 2 aromatic carbocycles. The van der Waals surface area contributed by atoms with E-state index in [-0.39, 0.29) is 11.6 Å². The molecule has 0 N–H and O–H groups in total. The summed E-state index contributed by atoms with van der Waals surface area (Å²) in [7, 11) is 0. The van der Waals surface area contributed by atoms with E-state index in [9.17, 15) is 9.18 Å². The van der Waals surface area contributed by atoms with Gasteiger partial charge in [0.25, 0.3) is 0 Å². The standard InChI is InChI=1S/C22H22FNO3/c1-2-3-4-5-13-26-19-11-9-16(10-12-19)14-20-22(25)27-21(24-20)17-7-6-8-18(23)15-17/h6-12,14-15H,2-5,13H2,1H3. The smallest absolute Gasteiger partial charge is 0.363 e. The number of rotatable bonds is 8. The highest BCUT2D eigenvalue weighted by Gasteiger charge is 2.24. The van der Waals surface area contributed by atoms with Crippen molar-refractivity contribution in [3.8, 4) is 5.75 Å². The Kier molecular flexibility index (Phi) is 6.36. The molecular weight excluding hydrogens is 345 g/mol. The molecule has 0 radical (unpaired) electrons. The molecule has 0 fully saturated rings. The first kappa shape index (κ1) is 18.8. The first-order chi connectivity index (χ1) is 13.2. The number of carbonyl (C=O) groups excluding carboxylic acids is 1. The Bertz CT molecular complexity index is 856. The van der Waals surface area contributed by atoms with Gasteiger partial charge in [0.05, 0.1) is 6.61 Å². The topological polar surface area (TPSA) is 47.9 Å². The third-order valence-corrected chi connectivity index (χ3v) is 4.14. The maximum absolute atomic E-state index is 13.3. The van der Waals surface area contributed by atoms with E-state index in [2.05, 4.69) is 11.9 Å². The van der Waals surface area contributed by atoms with Gasteiger partial charge in [-0.1, -0.05) is 44.4 Å². The van der Waals surface area contributed by atoms with Gasteiger partial charge < -0.3 is 9.47 Å². The Morgan fingerprint density at radius 2 is 1.93 bits per heavy atom. The number of halogens is 1. The zero-order valence-corrected chi connectivity index (χ0v) is 15.3. The molecule has 0 saturated carbocycles. The number of hydrogen-bond acceptors (Lipinski definition) is 4. The van der Waals surface area contributed by atoms with Gasteiger partial charge in [0.15, 0.2) is 5.70 Å². The number of cyclic esters (lactones) is 1. The Morgan fingerprint density at radius 1 is 1.11 bits per heavy atom. The van der Waals surface area contributed by atoms with Crippen molar-refractivity contribution in [1.82, 2.24) is 0 Å². The molecule has 5 heteroatoms. The van der Waals surface area contributed by atoms with Crippen LogP contribution >= 0.6 is 0 Å². The van der Waals surface area contributed by atoms with Crippen molar-refractivity contribution in [2.24, 2.45) is 4.99 Å². The number of nitrogens with zero attached hydrogens (tertiary/aromatic N) is 1. The number of esters is 1. The van der Waals surface area contributed by atoms with Crippen LogP contribution in [0.25, 0.3) is 6.08 Å². The summed E-state index contributed by atoms with van der Waals surface area (Å²) in [5, 5.41) is 0. The molecule has 0 aliphatic carbocycles. The van der Waals surface area contributed by atoms with Crippen LogP contribution in [-0.4, -0.2) is 18.5 Å². The average Bonchev–Trinajstić information content (AvgIpc) is 3.03. The molecule has 3 rings (SSSR count). The average molecular weight is 367 g/mol. The summed E-state index contributed by atoms with van der Waals surface area (Å²) < 4.78 is 24.2. The van der Waals surface area contributed by atoms with Gasteiger partial charge in [0.1, 0.15) is 11.6 Å². The lowest BCUT2D eigenvalue weighted by molar-refractivity contribution is -0.129. The van der Waals surface area contributed by atoms with E-state index in [0.29, 0.717) is 12.2 Å². The summed E-state index contributed by atoms with van der Waals surface area (Å²) in [4.78, 5) is 16.2. The summed E-state index contributed by atoms with van der Waals surface area (Å²) in [5.74, 6) is -0.0520. The first-order valence-electron chi connectivity index (χ1n) is 9.17. The minimum absolute atomic E-state index is 0.109. The molecule has 2 aromatic rings. The van der Waals surface area contributed by atoms with Gasteiger partial charge in [-0.25, -0.2) is 14.2 Å². The van der Waals surface area contributed by atoms with Crippen LogP contribution in [0.4, 0.5) is 4.39 Å². The summed E-state index contributed by atoms with van der Waals surface area (Å²) in [6.45, 7) is 2.88. The van der Waals surface area contributed by atoms with Crippen molar-refractivity contribution in [3.05, 3.63) is 71.2 Å². The number of unbranched alkanes of at least 4 members (excludes halogenated alkanes) is 3. The van der Waals surface area contributed by atoms with Crippen LogP contribution in [0.1, 0.15) is 43.7 Å². The van der Waals surface area contributed by atoms with Crippen molar-refractivity contribution in [3.63, 3.8) is 0 Å². The van der Waals surface area contributed by atoms with Crippen molar-refractivity contribution in [1.29, 1.82) is 0 Å². The molecule has 1 aliphatic rings. The SMILES string of the molecule is CCCCCCOc1ccc(C=C2N=C(c3cccc(F)c3)OC2=O)cc1. The molecule has 27 heavy (non-hydrogen) atoms. The molecule has 4 nitrogen and oxygen atoms in total. The highest BCUT2D eigenvalue weighted by molar-refractivity contribution is 6.12. The fourth-order valence-corrected chi connectivity index (χ4v) is 2.69. The lowest BCUT2D eigenvalue weighted by atomic mass is 10.2. The first-order valence-corrected chi connectivity index (χ1v) is 9.17. The van der Waals surface area contributed by atoms with Crippen molar-refractivity contribution < 1.29 is 18.7 Å². The van der Waals surface area contributed by atoms with Gasteiger partial charge in [-0.2, -0.15) is 0 Å². The third-order valence-electron chi connectivity index (χ3n) is 4.14. The molecule has 0 unspecified atom stereocenters. The monoisotopic (exact) mass is 367 g/mol. The Morgan fingerprint density at radius 3 is 2.67 bits per heavy atom. The second-order valence-electron chi connectivity index (χ2n) is 6.32. The second-order valence-corrected chi connectivity index (χ2v) is 6.32. The van der Waals surface area contributed by atoms with Crippen LogP contribution in [0.3, 0.4) is 0 Å². The number of ether oxygens (including phenoxy) is 2. The van der Waals surface area contributed by atoms with Crippen molar-refractivity contribution in [2.75, 3.05) is 6.61 Å². The van der Waals surface area contributed by atoms with Gasteiger partial charge in [-0.05, 0) is 48.4 Å². The van der Waals surface area contributed by atoms with E-state index in [0.717, 1.165) is 17.7 Å². The summed E-state index contributed by atoms with van der Waals surface area (Å²) >= 11 is 0. The summed E-state index contributed by atoms with van der Waals surface area (Å²) in [6.07, 6.45) is 6.29. The van der Waals surface area contributed by atoms with Crippen molar-refractivity contribution in [2.45, 2.75) is 32.6 Å². The number of aliphatic imine (C=N–C) groups is 1. The fourth-order valence-electron chi connectivity index (χ4n) is 2.69. The lowest BCUT2D eigenvalue weighted by Crippen LogP contribution is -2.05. The van der Waals surface area contributed by atoms with Gasteiger partial charge in [-0.15, -0.1) is 0 Å². The molecule has 0 saturated heterocycles. The van der Waals surface area contributed by atoms with Crippen LogP contribution in [0.5, 0.6) is 5.75 Å². The molecular formula is C22H22FNO3. The number of carbonyl (C=O) groups is 1. The van der Waals surface area contributed by atoms with Crippen LogP contribution in [0.2, 0.25) is 0 Å². The van der Waals surface area contributed by atoms with E-state index in [1.807, 2.05) is 24.3 Å². The zero-order chi connectivity index (χ0) is 19.1. The molecule has 0 spiro atoms. The minimum atomic E-state index is -0.550. The Labute approximate surface area is 158 Å². The van der Waals surface area contributed by atoms with Gasteiger partial charge in [-0.3, -0.25) is 0 Å². The quantitative estimate of drug-likeness (QED) is 0.369. The van der Waals surface area contributed by atoms with Crippen molar-refractivity contribution >= 4 is 17.9 Å². The molecule has 0 atom stereocenters. The minimum Gasteiger partial charge on any atom is -0.494 e. The van der Waals surface area contributed by atoms with E-state index in [1.54, 1.807) is 18.2 Å². The molecule has 0 amide bonds. The van der Waals surface area contributed by atoms with Gasteiger partial charge >= 0.3 is 5.97 Å². The molecule has 0 bridgehead atoms. The maximum atomic E-state index is 13.3. The largest absolute Gasteiger partial charge is 0.494 e. The zero-order valence-electron chi connectivity index (χ0n) is 15.3.